The quantitative estimate of drug-likeness (QED) is 0.848. The summed E-state index contributed by atoms with van der Waals surface area (Å²) in [4.78, 5) is 0.266. The molecular formula is C14H18N4O3S. The molecule has 2 aromatic rings. The highest BCUT2D eigenvalue weighted by molar-refractivity contribution is 7.89. The summed E-state index contributed by atoms with van der Waals surface area (Å²) in [6.45, 7) is 1.69. The second-order valence-corrected chi connectivity index (χ2v) is 6.94. The predicted molar refractivity (Wildman–Crippen MR) is 79.8 cm³/mol. The molecule has 1 N–H and O–H groups in total. The number of nitrogens with zero attached hydrogens (tertiary/aromatic N) is 3. The van der Waals surface area contributed by atoms with Crippen molar-refractivity contribution in [2.45, 2.75) is 23.8 Å². The monoisotopic (exact) mass is 322 g/mol. The first-order chi connectivity index (χ1) is 10.6. The third kappa shape index (κ3) is 3.52. The Kier molecular flexibility index (Phi) is 4.51. The molecule has 3 rings (SSSR count). The molecule has 2 heterocycles. The molecule has 0 aliphatic carbocycles. The molecule has 1 fully saturated rings. The first-order valence-corrected chi connectivity index (χ1v) is 8.67. The minimum Gasteiger partial charge on any atom is -0.379 e. The molecule has 1 aromatic carbocycles. The minimum absolute atomic E-state index is 0.238. The predicted octanol–water partition coefficient (Wildman–Crippen LogP) is 0.760. The van der Waals surface area contributed by atoms with Gasteiger partial charge in [-0.25, -0.2) is 17.8 Å². The van der Waals surface area contributed by atoms with E-state index in [2.05, 4.69) is 15.0 Å². The van der Waals surface area contributed by atoms with E-state index in [1.54, 1.807) is 35.0 Å². The molecule has 0 bridgehead atoms. The summed E-state index contributed by atoms with van der Waals surface area (Å²) in [6.07, 6.45) is 3.29. The topological polar surface area (TPSA) is 86.1 Å². The first kappa shape index (κ1) is 15.1. The highest BCUT2D eigenvalue weighted by atomic mass is 32.2. The molecule has 1 saturated heterocycles. The third-order valence-electron chi connectivity index (χ3n) is 3.56. The minimum atomic E-state index is -3.46. The maximum Gasteiger partial charge on any atom is 0.240 e. The Hall–Kier alpha value is -1.77. The highest BCUT2D eigenvalue weighted by Gasteiger charge is 2.19. The van der Waals surface area contributed by atoms with E-state index in [-0.39, 0.29) is 17.5 Å². The number of hydrogen-bond acceptors (Lipinski definition) is 5. The van der Waals surface area contributed by atoms with Gasteiger partial charge in [0.15, 0.2) is 0 Å². The molecule has 1 atom stereocenters. The van der Waals surface area contributed by atoms with Crippen LogP contribution in [0.4, 0.5) is 0 Å². The molecule has 8 heteroatoms. The fourth-order valence-electron chi connectivity index (χ4n) is 2.33. The van der Waals surface area contributed by atoms with Gasteiger partial charge in [-0.15, -0.1) is 5.10 Å². The van der Waals surface area contributed by atoms with Crippen LogP contribution in [-0.4, -0.2) is 43.2 Å². The van der Waals surface area contributed by atoms with Gasteiger partial charge in [0.05, 0.1) is 23.2 Å². The number of aromatic nitrogens is 3. The van der Waals surface area contributed by atoms with Gasteiger partial charge < -0.3 is 4.74 Å². The number of benzene rings is 1. The van der Waals surface area contributed by atoms with Crippen molar-refractivity contribution in [3.05, 3.63) is 42.2 Å². The maximum absolute atomic E-state index is 12.1. The lowest BCUT2D eigenvalue weighted by molar-refractivity contribution is 0.184. The molecule has 1 aliphatic rings. The lowest BCUT2D eigenvalue weighted by atomic mass is 10.2. The number of hydrogen-bond donors (Lipinski definition) is 1. The van der Waals surface area contributed by atoms with Crippen molar-refractivity contribution in [1.29, 1.82) is 0 Å². The molecule has 7 nitrogen and oxygen atoms in total. The Morgan fingerprint density at radius 2 is 2.14 bits per heavy atom. The Balaban J connectivity index is 1.55. The van der Waals surface area contributed by atoms with Crippen LogP contribution in [-0.2, 0) is 21.2 Å². The van der Waals surface area contributed by atoms with E-state index < -0.39 is 10.0 Å². The van der Waals surface area contributed by atoms with E-state index in [0.717, 1.165) is 18.7 Å². The van der Waals surface area contributed by atoms with Gasteiger partial charge in [0.2, 0.25) is 10.0 Å². The van der Waals surface area contributed by atoms with Crippen molar-refractivity contribution in [3.63, 3.8) is 0 Å². The lowest BCUT2D eigenvalue weighted by Gasteiger charge is -2.06. The van der Waals surface area contributed by atoms with Gasteiger partial charge in [-0.3, -0.25) is 0 Å². The summed E-state index contributed by atoms with van der Waals surface area (Å²) in [5.41, 5.74) is 0.766. The van der Waals surface area contributed by atoms with E-state index in [9.17, 15) is 8.42 Å². The summed E-state index contributed by atoms with van der Waals surface area (Å²) in [7, 11) is -3.46. The van der Waals surface area contributed by atoms with Crippen molar-refractivity contribution in [1.82, 2.24) is 19.7 Å². The number of rotatable bonds is 6. The number of sulfonamides is 1. The van der Waals surface area contributed by atoms with Crippen LogP contribution in [0.2, 0.25) is 0 Å². The van der Waals surface area contributed by atoms with Gasteiger partial charge in [-0.2, -0.15) is 0 Å². The Labute approximate surface area is 129 Å². The molecule has 0 amide bonds. The summed E-state index contributed by atoms with van der Waals surface area (Å²) in [5.74, 6) is 0. The Bertz CT molecular complexity index is 709. The molecule has 1 aromatic heterocycles. The van der Waals surface area contributed by atoms with Gasteiger partial charge in [0, 0.05) is 25.8 Å². The molecular weight excluding hydrogens is 304 g/mol. The molecule has 1 unspecified atom stereocenters. The molecule has 1 aliphatic heterocycles. The highest BCUT2D eigenvalue weighted by Crippen LogP contribution is 2.17. The zero-order valence-electron chi connectivity index (χ0n) is 12.1. The first-order valence-electron chi connectivity index (χ1n) is 7.18. The third-order valence-corrected chi connectivity index (χ3v) is 5.04. The van der Waals surface area contributed by atoms with E-state index in [0.29, 0.717) is 13.0 Å². The Morgan fingerprint density at radius 3 is 2.86 bits per heavy atom. The summed E-state index contributed by atoms with van der Waals surface area (Å²) >= 11 is 0. The van der Waals surface area contributed by atoms with Crippen molar-refractivity contribution in [3.8, 4) is 0 Å². The summed E-state index contributed by atoms with van der Waals surface area (Å²) in [5, 5.41) is 8.16. The molecule has 0 saturated carbocycles. The smallest absolute Gasteiger partial charge is 0.240 e. The van der Waals surface area contributed by atoms with Crippen LogP contribution in [0.3, 0.4) is 0 Å². The lowest BCUT2D eigenvalue weighted by Crippen LogP contribution is -2.26. The largest absolute Gasteiger partial charge is 0.379 e. The average Bonchev–Trinajstić information content (AvgIpc) is 3.19. The summed E-state index contributed by atoms with van der Waals surface area (Å²) in [6, 6.07) is 8.55. The van der Waals surface area contributed by atoms with Crippen LogP contribution >= 0.6 is 0 Å². The fraction of sp³-hybridized carbons (Fsp3) is 0.429. The van der Waals surface area contributed by atoms with Crippen LogP contribution in [0.15, 0.2) is 41.4 Å². The number of ether oxygens (including phenoxy) is 1. The van der Waals surface area contributed by atoms with Gasteiger partial charge >= 0.3 is 0 Å². The fourth-order valence-corrected chi connectivity index (χ4v) is 3.39. The van der Waals surface area contributed by atoms with Crippen LogP contribution < -0.4 is 4.72 Å². The number of nitrogens with one attached hydrogen (secondary N) is 1. The van der Waals surface area contributed by atoms with E-state index in [1.807, 2.05) is 6.20 Å². The van der Waals surface area contributed by atoms with E-state index in [4.69, 9.17) is 4.74 Å². The average molecular weight is 322 g/mol. The molecule has 0 spiro atoms. The van der Waals surface area contributed by atoms with Gasteiger partial charge in [0.1, 0.15) is 0 Å². The zero-order chi connectivity index (χ0) is 15.4. The second-order valence-electron chi connectivity index (χ2n) is 5.17. The van der Waals surface area contributed by atoms with E-state index >= 15 is 0 Å². The normalized spacial score (nSPS) is 18.6. The molecule has 118 valence electrons. The summed E-state index contributed by atoms with van der Waals surface area (Å²) < 4.78 is 33.8. The van der Waals surface area contributed by atoms with Gasteiger partial charge in [-0.1, -0.05) is 23.4 Å². The zero-order valence-corrected chi connectivity index (χ0v) is 12.9. The van der Waals surface area contributed by atoms with Crippen molar-refractivity contribution in [2.24, 2.45) is 0 Å². The second kappa shape index (κ2) is 6.55. The van der Waals surface area contributed by atoms with Crippen LogP contribution in [0.5, 0.6) is 0 Å². The van der Waals surface area contributed by atoms with Crippen molar-refractivity contribution < 1.29 is 13.2 Å². The standard InChI is InChI=1S/C14H18N4O3S/c19-22(20,14-4-2-1-3-5-14)15-8-6-12-10-18(17-16-12)13-7-9-21-11-13/h1-5,10,13,15H,6-9,11H2. The molecule has 0 radical (unpaired) electrons. The van der Waals surface area contributed by atoms with Gasteiger partial charge in [-0.05, 0) is 18.6 Å². The van der Waals surface area contributed by atoms with Gasteiger partial charge in [0.25, 0.3) is 0 Å². The SMILES string of the molecule is O=S(=O)(NCCc1cn(C2CCOC2)nn1)c1ccccc1. The van der Waals surface area contributed by atoms with Crippen molar-refractivity contribution in [2.75, 3.05) is 19.8 Å². The van der Waals surface area contributed by atoms with Crippen LogP contribution in [0.25, 0.3) is 0 Å². The van der Waals surface area contributed by atoms with E-state index in [1.165, 1.54) is 0 Å². The van der Waals surface area contributed by atoms with Crippen molar-refractivity contribution >= 4 is 10.0 Å². The maximum atomic E-state index is 12.1. The molecule has 22 heavy (non-hydrogen) atoms. The van der Waals surface area contributed by atoms with Crippen LogP contribution in [0.1, 0.15) is 18.2 Å². The Morgan fingerprint density at radius 1 is 1.32 bits per heavy atom. The van der Waals surface area contributed by atoms with Crippen LogP contribution in [0, 0.1) is 0 Å².